The van der Waals surface area contributed by atoms with Crippen molar-refractivity contribution in [2.75, 3.05) is 19.6 Å². The number of piperidine rings is 1. The monoisotopic (exact) mass is 396 g/mol. The zero-order valence-corrected chi connectivity index (χ0v) is 17.5. The molecule has 3 N–H and O–H groups in total. The first-order chi connectivity index (χ1) is 14.0. The highest BCUT2D eigenvalue weighted by Gasteiger charge is 2.29. The lowest BCUT2D eigenvalue weighted by molar-refractivity contribution is -0.121. The van der Waals surface area contributed by atoms with Gasteiger partial charge in [-0.05, 0) is 44.7 Å². The lowest BCUT2D eigenvalue weighted by atomic mass is 10.0. The standard InChI is InChI=1S/C23H32N4O2/c1-17-14-21(18(2)27(17)16-19-8-4-3-5-9-19)23(29)26-13-7-6-10-20(26)15-25-22(28)11-12-24/h3-5,8-9,14,20H,6-7,10-13,15-16,24H2,1-2H3,(H,25,28). The van der Waals surface area contributed by atoms with Crippen molar-refractivity contribution in [2.45, 2.75) is 52.1 Å². The van der Waals surface area contributed by atoms with E-state index in [2.05, 4.69) is 22.0 Å². The molecule has 6 nitrogen and oxygen atoms in total. The zero-order chi connectivity index (χ0) is 20.8. The van der Waals surface area contributed by atoms with Gasteiger partial charge in [-0.25, -0.2) is 0 Å². The first-order valence-electron chi connectivity index (χ1n) is 10.5. The Morgan fingerprint density at radius 1 is 1.17 bits per heavy atom. The van der Waals surface area contributed by atoms with Gasteiger partial charge in [0.2, 0.25) is 5.91 Å². The van der Waals surface area contributed by atoms with E-state index in [9.17, 15) is 9.59 Å². The van der Waals surface area contributed by atoms with Crippen LogP contribution in [0.3, 0.4) is 0 Å². The highest BCUT2D eigenvalue weighted by atomic mass is 16.2. The highest BCUT2D eigenvalue weighted by molar-refractivity contribution is 5.96. The third-order valence-electron chi connectivity index (χ3n) is 5.78. The first kappa shape index (κ1) is 21.1. The molecule has 29 heavy (non-hydrogen) atoms. The maximum Gasteiger partial charge on any atom is 0.255 e. The van der Waals surface area contributed by atoms with Gasteiger partial charge in [-0.15, -0.1) is 0 Å². The van der Waals surface area contributed by atoms with Crippen LogP contribution in [0.25, 0.3) is 0 Å². The van der Waals surface area contributed by atoms with E-state index in [0.29, 0.717) is 19.5 Å². The van der Waals surface area contributed by atoms with Gasteiger partial charge in [-0.1, -0.05) is 30.3 Å². The van der Waals surface area contributed by atoms with Crippen molar-refractivity contribution in [3.05, 3.63) is 58.9 Å². The van der Waals surface area contributed by atoms with Crippen LogP contribution in [0, 0.1) is 13.8 Å². The molecule has 6 heteroatoms. The molecule has 3 rings (SSSR count). The fraction of sp³-hybridized carbons (Fsp3) is 0.478. The van der Waals surface area contributed by atoms with Crippen molar-refractivity contribution in [1.82, 2.24) is 14.8 Å². The van der Waals surface area contributed by atoms with Gasteiger partial charge in [-0.3, -0.25) is 9.59 Å². The van der Waals surface area contributed by atoms with Gasteiger partial charge in [-0.2, -0.15) is 0 Å². The number of nitrogens with one attached hydrogen (secondary N) is 1. The number of hydrogen-bond acceptors (Lipinski definition) is 3. The third kappa shape index (κ3) is 5.07. The van der Waals surface area contributed by atoms with Crippen molar-refractivity contribution in [3.63, 3.8) is 0 Å². The average molecular weight is 397 g/mol. The molecule has 1 atom stereocenters. The molecule has 156 valence electrons. The van der Waals surface area contributed by atoms with Crippen molar-refractivity contribution >= 4 is 11.8 Å². The number of rotatable bonds is 7. The summed E-state index contributed by atoms with van der Waals surface area (Å²) in [7, 11) is 0. The van der Waals surface area contributed by atoms with Gasteiger partial charge in [0, 0.05) is 50.0 Å². The molecule has 0 bridgehead atoms. The Morgan fingerprint density at radius 2 is 1.93 bits per heavy atom. The van der Waals surface area contributed by atoms with Crippen molar-refractivity contribution in [2.24, 2.45) is 5.73 Å². The molecule has 0 radical (unpaired) electrons. The van der Waals surface area contributed by atoms with Crippen LogP contribution in [0.4, 0.5) is 0 Å². The SMILES string of the molecule is Cc1cc(C(=O)N2CCCCC2CNC(=O)CCN)c(C)n1Cc1ccccc1. The molecule has 1 aromatic heterocycles. The largest absolute Gasteiger partial charge is 0.354 e. The Bertz CT molecular complexity index is 844. The lowest BCUT2D eigenvalue weighted by Crippen LogP contribution is -2.49. The zero-order valence-electron chi connectivity index (χ0n) is 17.5. The summed E-state index contributed by atoms with van der Waals surface area (Å²) in [5.41, 5.74) is 9.50. The molecule has 1 unspecified atom stereocenters. The quantitative estimate of drug-likeness (QED) is 0.755. The third-order valence-corrected chi connectivity index (χ3v) is 5.78. The number of carbonyl (C=O) groups excluding carboxylic acids is 2. The Morgan fingerprint density at radius 3 is 2.66 bits per heavy atom. The minimum absolute atomic E-state index is 0.0372. The van der Waals surface area contributed by atoms with Crippen LogP contribution in [0.1, 0.15) is 53.0 Å². The summed E-state index contributed by atoms with van der Waals surface area (Å²) in [5, 5.41) is 2.94. The predicted octanol–water partition coefficient (Wildman–Crippen LogP) is 2.61. The van der Waals surface area contributed by atoms with E-state index in [0.717, 1.165) is 49.3 Å². The summed E-state index contributed by atoms with van der Waals surface area (Å²) in [5.74, 6) is 0.0155. The Hall–Kier alpha value is -2.60. The molecule has 0 spiro atoms. The normalized spacial score (nSPS) is 16.7. The number of hydrogen-bond donors (Lipinski definition) is 2. The number of nitrogens with zero attached hydrogens (tertiary/aromatic N) is 2. The van der Waals surface area contributed by atoms with Gasteiger partial charge in [0.1, 0.15) is 0 Å². The summed E-state index contributed by atoms with van der Waals surface area (Å²) in [6, 6.07) is 12.3. The number of benzene rings is 1. The Kier molecular flexibility index (Phi) is 7.09. The van der Waals surface area contributed by atoms with Crippen molar-refractivity contribution in [1.29, 1.82) is 0 Å². The van der Waals surface area contributed by atoms with E-state index in [1.165, 1.54) is 5.56 Å². The van der Waals surface area contributed by atoms with E-state index < -0.39 is 0 Å². The lowest BCUT2D eigenvalue weighted by Gasteiger charge is -2.36. The molecular weight excluding hydrogens is 364 g/mol. The van der Waals surface area contributed by atoms with E-state index >= 15 is 0 Å². The summed E-state index contributed by atoms with van der Waals surface area (Å²) in [6.45, 7) is 6.39. The number of amides is 2. The molecular formula is C23H32N4O2. The van der Waals surface area contributed by atoms with Gasteiger partial charge in [0.05, 0.1) is 5.56 Å². The topological polar surface area (TPSA) is 80.4 Å². The van der Waals surface area contributed by atoms with Crippen LogP contribution < -0.4 is 11.1 Å². The summed E-state index contributed by atoms with van der Waals surface area (Å²) in [6.07, 6.45) is 3.31. The molecule has 2 aromatic rings. The van der Waals surface area contributed by atoms with E-state index in [4.69, 9.17) is 5.73 Å². The van der Waals surface area contributed by atoms with Gasteiger partial charge >= 0.3 is 0 Å². The van der Waals surface area contributed by atoms with Crippen molar-refractivity contribution in [3.8, 4) is 0 Å². The van der Waals surface area contributed by atoms with E-state index in [1.54, 1.807) is 0 Å². The molecule has 1 aliphatic heterocycles. The summed E-state index contributed by atoms with van der Waals surface area (Å²) in [4.78, 5) is 27.2. The molecule has 2 amide bonds. The van der Waals surface area contributed by atoms with Gasteiger partial charge in [0.15, 0.2) is 0 Å². The average Bonchev–Trinajstić information content (AvgIpc) is 3.01. The highest BCUT2D eigenvalue weighted by Crippen LogP contribution is 2.23. The van der Waals surface area contributed by atoms with Crippen LogP contribution in [0.5, 0.6) is 0 Å². The smallest absolute Gasteiger partial charge is 0.255 e. The predicted molar refractivity (Wildman–Crippen MR) is 115 cm³/mol. The number of carbonyl (C=O) groups is 2. The fourth-order valence-electron chi connectivity index (χ4n) is 4.11. The van der Waals surface area contributed by atoms with Crippen LogP contribution in [0.15, 0.2) is 36.4 Å². The van der Waals surface area contributed by atoms with Crippen LogP contribution in [-0.4, -0.2) is 47.0 Å². The second-order valence-corrected chi connectivity index (χ2v) is 7.85. The van der Waals surface area contributed by atoms with Crippen molar-refractivity contribution < 1.29 is 9.59 Å². The minimum atomic E-state index is -0.0495. The summed E-state index contributed by atoms with van der Waals surface area (Å²) >= 11 is 0. The molecule has 0 aliphatic carbocycles. The van der Waals surface area contributed by atoms with E-state index in [-0.39, 0.29) is 17.9 Å². The maximum atomic E-state index is 13.4. The first-order valence-corrected chi connectivity index (χ1v) is 10.5. The number of likely N-dealkylation sites (tertiary alicyclic amines) is 1. The second kappa shape index (κ2) is 9.74. The maximum absolute atomic E-state index is 13.4. The summed E-state index contributed by atoms with van der Waals surface area (Å²) < 4.78 is 2.20. The van der Waals surface area contributed by atoms with E-state index in [1.807, 2.05) is 43.0 Å². The Labute approximate surface area is 173 Å². The minimum Gasteiger partial charge on any atom is -0.354 e. The fourth-order valence-corrected chi connectivity index (χ4v) is 4.11. The number of nitrogens with two attached hydrogens (primary N) is 1. The molecule has 1 aliphatic rings. The Balaban J connectivity index is 1.75. The van der Waals surface area contributed by atoms with Crippen LogP contribution in [0.2, 0.25) is 0 Å². The molecule has 1 saturated heterocycles. The van der Waals surface area contributed by atoms with Gasteiger partial charge in [0.25, 0.3) is 5.91 Å². The second-order valence-electron chi connectivity index (χ2n) is 7.85. The molecule has 2 heterocycles. The number of aryl methyl sites for hydroxylation is 1. The molecule has 0 saturated carbocycles. The van der Waals surface area contributed by atoms with Crippen LogP contribution >= 0.6 is 0 Å². The molecule has 1 aromatic carbocycles. The van der Waals surface area contributed by atoms with Crippen LogP contribution in [-0.2, 0) is 11.3 Å². The number of aromatic nitrogens is 1. The van der Waals surface area contributed by atoms with Gasteiger partial charge < -0.3 is 20.5 Å². The molecule has 1 fully saturated rings.